The summed E-state index contributed by atoms with van der Waals surface area (Å²) in [5.74, 6) is 1.31. The van der Waals surface area contributed by atoms with Gasteiger partial charge >= 0.3 is 0 Å². The summed E-state index contributed by atoms with van der Waals surface area (Å²) >= 11 is 1.76. The van der Waals surface area contributed by atoms with Crippen molar-refractivity contribution < 1.29 is 8.42 Å². The minimum Gasteiger partial charge on any atom is -0.356 e. The molecule has 0 aliphatic carbocycles. The van der Waals surface area contributed by atoms with Crippen molar-refractivity contribution in [1.82, 2.24) is 20.5 Å². The molecule has 25 heavy (non-hydrogen) atoms. The van der Waals surface area contributed by atoms with Crippen LogP contribution in [0.5, 0.6) is 0 Å². The van der Waals surface area contributed by atoms with Gasteiger partial charge in [-0.3, -0.25) is 9.89 Å². The Morgan fingerprint density at radius 1 is 1.32 bits per heavy atom. The molecule has 1 saturated heterocycles. The summed E-state index contributed by atoms with van der Waals surface area (Å²) in [6.45, 7) is 5.75. The number of rotatable bonds is 7. The Labute approximate surface area is 171 Å². The molecule has 1 aliphatic rings. The zero-order chi connectivity index (χ0) is 17.4. The molecule has 2 N–H and O–H groups in total. The Morgan fingerprint density at radius 2 is 2.00 bits per heavy atom. The number of nitrogens with zero attached hydrogens (tertiary/aromatic N) is 3. The third-order valence-corrected chi connectivity index (χ3v) is 6.77. The molecule has 0 aromatic carbocycles. The van der Waals surface area contributed by atoms with Crippen LogP contribution in [-0.2, 0) is 22.7 Å². The van der Waals surface area contributed by atoms with Gasteiger partial charge in [-0.25, -0.2) is 13.4 Å². The van der Waals surface area contributed by atoms with E-state index in [0.717, 1.165) is 43.4 Å². The molecular weight excluding hydrogens is 473 g/mol. The van der Waals surface area contributed by atoms with E-state index in [1.807, 2.05) is 6.20 Å². The monoisotopic (exact) mass is 501 g/mol. The van der Waals surface area contributed by atoms with Crippen LogP contribution < -0.4 is 10.6 Å². The highest BCUT2D eigenvalue weighted by atomic mass is 127. The Bertz CT molecular complexity index is 634. The third-order valence-electron chi connectivity index (χ3n) is 3.96. The van der Waals surface area contributed by atoms with Crippen LogP contribution in [0.25, 0.3) is 0 Å². The number of thiazole rings is 1. The highest BCUT2D eigenvalue weighted by molar-refractivity contribution is 14.0. The van der Waals surface area contributed by atoms with E-state index in [4.69, 9.17) is 0 Å². The van der Waals surface area contributed by atoms with Gasteiger partial charge < -0.3 is 10.6 Å². The lowest BCUT2D eigenvalue weighted by Crippen LogP contribution is -2.46. The van der Waals surface area contributed by atoms with Crippen molar-refractivity contribution in [3.8, 4) is 0 Å². The highest BCUT2D eigenvalue weighted by Gasteiger charge is 2.20. The molecule has 2 heterocycles. The minimum absolute atomic E-state index is 0. The number of guanidine groups is 1. The van der Waals surface area contributed by atoms with Crippen molar-refractivity contribution in [3.63, 3.8) is 0 Å². The zero-order valence-corrected chi connectivity index (χ0v) is 18.8. The van der Waals surface area contributed by atoms with E-state index in [2.05, 4.69) is 32.4 Å². The van der Waals surface area contributed by atoms with Gasteiger partial charge in [-0.05, 0) is 6.42 Å². The van der Waals surface area contributed by atoms with Gasteiger partial charge in [-0.15, -0.1) is 35.3 Å². The fourth-order valence-corrected chi connectivity index (χ4v) is 4.58. The second kappa shape index (κ2) is 11.3. The first-order chi connectivity index (χ1) is 11.5. The van der Waals surface area contributed by atoms with E-state index in [0.29, 0.717) is 13.1 Å². The van der Waals surface area contributed by atoms with Gasteiger partial charge in [0.1, 0.15) is 0 Å². The van der Waals surface area contributed by atoms with Crippen LogP contribution in [0, 0.1) is 0 Å². The van der Waals surface area contributed by atoms with Gasteiger partial charge in [0.2, 0.25) is 0 Å². The number of hydrogen-bond donors (Lipinski definition) is 2. The number of aliphatic imine (C=N–C) groups is 1. The summed E-state index contributed by atoms with van der Waals surface area (Å²) in [5, 5.41) is 7.70. The SMILES string of the molecule is CCc1cnc(CCNC(=NC)NCCN2CCS(=O)(=O)CC2)s1.I. The maximum absolute atomic E-state index is 11.4. The first kappa shape index (κ1) is 22.6. The summed E-state index contributed by atoms with van der Waals surface area (Å²) in [7, 11) is -1.05. The van der Waals surface area contributed by atoms with Crippen LogP contribution in [0.4, 0.5) is 0 Å². The fraction of sp³-hybridized carbons (Fsp3) is 0.733. The number of halogens is 1. The van der Waals surface area contributed by atoms with E-state index >= 15 is 0 Å². The molecule has 0 radical (unpaired) electrons. The van der Waals surface area contributed by atoms with Crippen LogP contribution in [0.1, 0.15) is 16.8 Å². The second-order valence-electron chi connectivity index (χ2n) is 5.74. The lowest BCUT2D eigenvalue weighted by molar-refractivity contribution is 0.299. The molecule has 2 rings (SSSR count). The Morgan fingerprint density at radius 3 is 2.60 bits per heavy atom. The van der Waals surface area contributed by atoms with Gasteiger partial charge in [0.05, 0.1) is 16.5 Å². The molecule has 1 aliphatic heterocycles. The largest absolute Gasteiger partial charge is 0.356 e. The van der Waals surface area contributed by atoms with Gasteiger partial charge in [-0.2, -0.15) is 0 Å². The predicted molar refractivity (Wildman–Crippen MR) is 115 cm³/mol. The van der Waals surface area contributed by atoms with Crippen molar-refractivity contribution in [2.45, 2.75) is 19.8 Å². The van der Waals surface area contributed by atoms with E-state index in [-0.39, 0.29) is 35.5 Å². The standard InChI is InChI=1S/C15H27N5O2S2.HI/c1-3-13-12-19-14(23-13)4-5-17-15(16-2)18-6-7-20-8-10-24(21,22)11-9-20;/h12H,3-11H2,1-2H3,(H2,16,17,18);1H. The molecule has 0 spiro atoms. The molecule has 0 saturated carbocycles. The van der Waals surface area contributed by atoms with Crippen molar-refractivity contribution in [2.75, 3.05) is 51.3 Å². The number of sulfone groups is 1. The van der Waals surface area contributed by atoms with Crippen LogP contribution in [0.15, 0.2) is 11.2 Å². The summed E-state index contributed by atoms with van der Waals surface area (Å²) in [5.41, 5.74) is 0. The molecule has 144 valence electrons. The number of hydrogen-bond acceptors (Lipinski definition) is 6. The first-order valence-corrected chi connectivity index (χ1v) is 11.0. The molecule has 1 aromatic heterocycles. The van der Waals surface area contributed by atoms with Crippen LogP contribution >= 0.6 is 35.3 Å². The fourth-order valence-electron chi connectivity index (χ4n) is 2.44. The van der Waals surface area contributed by atoms with Crippen LogP contribution in [-0.4, -0.2) is 75.5 Å². The molecule has 1 fully saturated rings. The smallest absolute Gasteiger partial charge is 0.191 e. The maximum atomic E-state index is 11.4. The Hall–Kier alpha value is -0.460. The molecule has 7 nitrogen and oxygen atoms in total. The summed E-state index contributed by atoms with van der Waals surface area (Å²) in [4.78, 5) is 12.1. The third kappa shape index (κ3) is 8.18. The average Bonchev–Trinajstić information content (AvgIpc) is 3.03. The zero-order valence-electron chi connectivity index (χ0n) is 14.8. The molecule has 0 bridgehead atoms. The van der Waals surface area contributed by atoms with Crippen molar-refractivity contribution >= 4 is 51.1 Å². The van der Waals surface area contributed by atoms with Gasteiger partial charge in [-0.1, -0.05) is 6.92 Å². The summed E-state index contributed by atoms with van der Waals surface area (Å²) in [6, 6.07) is 0. The first-order valence-electron chi connectivity index (χ1n) is 8.33. The van der Waals surface area contributed by atoms with Crippen LogP contribution in [0.3, 0.4) is 0 Å². The Balaban J connectivity index is 0.00000312. The molecule has 10 heteroatoms. The van der Waals surface area contributed by atoms with Crippen molar-refractivity contribution in [2.24, 2.45) is 4.99 Å². The Kier molecular flexibility index (Phi) is 10.2. The maximum Gasteiger partial charge on any atom is 0.191 e. The topological polar surface area (TPSA) is 86.7 Å². The van der Waals surface area contributed by atoms with E-state index in [1.165, 1.54) is 4.88 Å². The van der Waals surface area contributed by atoms with Gasteiger partial charge in [0.25, 0.3) is 0 Å². The molecule has 0 amide bonds. The minimum atomic E-state index is -2.80. The van der Waals surface area contributed by atoms with E-state index in [9.17, 15) is 8.42 Å². The number of aryl methyl sites for hydroxylation is 1. The number of aromatic nitrogens is 1. The summed E-state index contributed by atoms with van der Waals surface area (Å²) < 4.78 is 22.8. The lowest BCUT2D eigenvalue weighted by atomic mass is 10.4. The normalized spacial score (nSPS) is 17.8. The predicted octanol–water partition coefficient (Wildman–Crippen LogP) is 0.761. The second-order valence-corrected chi connectivity index (χ2v) is 9.25. The van der Waals surface area contributed by atoms with Gasteiger partial charge in [0.15, 0.2) is 15.8 Å². The van der Waals surface area contributed by atoms with Crippen molar-refractivity contribution in [1.29, 1.82) is 0 Å². The number of nitrogens with one attached hydrogen (secondary N) is 2. The lowest BCUT2D eigenvalue weighted by Gasteiger charge is -2.26. The van der Waals surface area contributed by atoms with E-state index in [1.54, 1.807) is 18.4 Å². The summed E-state index contributed by atoms with van der Waals surface area (Å²) in [6.07, 6.45) is 3.87. The molecular formula is C15H28IN5O2S2. The molecule has 0 atom stereocenters. The quantitative estimate of drug-likeness (QED) is 0.326. The highest BCUT2D eigenvalue weighted by Crippen LogP contribution is 2.13. The van der Waals surface area contributed by atoms with Gasteiger partial charge in [0, 0.05) is 57.3 Å². The van der Waals surface area contributed by atoms with Crippen LogP contribution in [0.2, 0.25) is 0 Å². The average molecular weight is 501 g/mol. The molecule has 0 unspecified atom stereocenters. The molecule has 1 aromatic rings. The van der Waals surface area contributed by atoms with Crippen molar-refractivity contribution in [3.05, 3.63) is 16.1 Å². The van der Waals surface area contributed by atoms with E-state index < -0.39 is 9.84 Å².